The van der Waals surface area contributed by atoms with Crippen LogP contribution in [0.15, 0.2) is 24.3 Å². The standard InChI is InChI=1S/C17H22ClNO3/c1-12(16(21)13-4-6-14(18)7-5-13)10-15(20)19-11-17(22)8-2-3-9-17/h4-7,12,22H,2-3,8-11H2,1H3,(H,19,20). The van der Waals surface area contributed by atoms with Gasteiger partial charge in [-0.15, -0.1) is 0 Å². The van der Waals surface area contributed by atoms with Crippen molar-refractivity contribution in [2.75, 3.05) is 6.54 Å². The van der Waals surface area contributed by atoms with Gasteiger partial charge < -0.3 is 10.4 Å². The van der Waals surface area contributed by atoms with E-state index in [-0.39, 0.29) is 24.7 Å². The maximum absolute atomic E-state index is 12.2. The lowest BCUT2D eigenvalue weighted by Gasteiger charge is -2.22. The summed E-state index contributed by atoms with van der Waals surface area (Å²) in [6.07, 6.45) is 3.58. The van der Waals surface area contributed by atoms with Crippen LogP contribution in [0.1, 0.15) is 49.4 Å². The van der Waals surface area contributed by atoms with E-state index in [9.17, 15) is 14.7 Å². The SMILES string of the molecule is CC(CC(=O)NCC1(O)CCCC1)C(=O)c1ccc(Cl)cc1. The molecule has 2 rings (SSSR count). The summed E-state index contributed by atoms with van der Waals surface area (Å²) in [6, 6.07) is 6.66. The molecule has 0 bridgehead atoms. The number of carbonyl (C=O) groups is 2. The normalized spacial score (nSPS) is 18.0. The fraction of sp³-hybridized carbons (Fsp3) is 0.529. The smallest absolute Gasteiger partial charge is 0.220 e. The third-order valence-corrected chi connectivity index (χ3v) is 4.47. The van der Waals surface area contributed by atoms with E-state index in [0.29, 0.717) is 10.6 Å². The first kappa shape index (κ1) is 17.0. The summed E-state index contributed by atoms with van der Waals surface area (Å²) < 4.78 is 0. The molecule has 5 heteroatoms. The molecule has 0 aromatic heterocycles. The fourth-order valence-electron chi connectivity index (χ4n) is 2.81. The summed E-state index contributed by atoms with van der Waals surface area (Å²) in [4.78, 5) is 24.2. The lowest BCUT2D eigenvalue weighted by atomic mass is 9.96. The molecule has 1 amide bonds. The van der Waals surface area contributed by atoms with Crippen molar-refractivity contribution in [3.8, 4) is 0 Å². The van der Waals surface area contributed by atoms with Crippen molar-refractivity contribution in [3.63, 3.8) is 0 Å². The second-order valence-corrected chi connectivity index (χ2v) is 6.62. The van der Waals surface area contributed by atoms with Crippen LogP contribution >= 0.6 is 11.6 Å². The number of nitrogens with one attached hydrogen (secondary N) is 1. The molecule has 4 nitrogen and oxygen atoms in total. The minimum absolute atomic E-state index is 0.0774. The number of benzene rings is 1. The number of halogens is 1. The molecule has 22 heavy (non-hydrogen) atoms. The molecule has 2 N–H and O–H groups in total. The van der Waals surface area contributed by atoms with E-state index in [2.05, 4.69) is 5.32 Å². The Morgan fingerprint density at radius 2 is 1.86 bits per heavy atom. The van der Waals surface area contributed by atoms with Crippen LogP contribution in [-0.2, 0) is 4.79 Å². The van der Waals surface area contributed by atoms with E-state index < -0.39 is 11.5 Å². The van der Waals surface area contributed by atoms with E-state index >= 15 is 0 Å². The molecular formula is C17H22ClNO3. The Morgan fingerprint density at radius 3 is 2.45 bits per heavy atom. The molecule has 120 valence electrons. The first-order valence-corrected chi connectivity index (χ1v) is 8.06. The van der Waals surface area contributed by atoms with Gasteiger partial charge in [0.15, 0.2) is 5.78 Å². The van der Waals surface area contributed by atoms with Crippen LogP contribution in [0.4, 0.5) is 0 Å². The second-order valence-electron chi connectivity index (χ2n) is 6.18. The number of rotatable bonds is 6. The molecule has 0 saturated heterocycles. The van der Waals surface area contributed by atoms with Gasteiger partial charge in [0, 0.05) is 29.5 Å². The predicted molar refractivity (Wildman–Crippen MR) is 86.0 cm³/mol. The van der Waals surface area contributed by atoms with E-state index in [0.717, 1.165) is 25.7 Å². The van der Waals surface area contributed by atoms with Crippen molar-refractivity contribution in [3.05, 3.63) is 34.9 Å². The van der Waals surface area contributed by atoms with Gasteiger partial charge in [0.2, 0.25) is 5.91 Å². The van der Waals surface area contributed by atoms with E-state index in [4.69, 9.17) is 11.6 Å². The molecule has 1 fully saturated rings. The van der Waals surface area contributed by atoms with Crippen LogP contribution < -0.4 is 5.32 Å². The zero-order valence-corrected chi connectivity index (χ0v) is 13.5. The number of carbonyl (C=O) groups excluding carboxylic acids is 2. The Labute approximate surface area is 135 Å². The number of hydrogen-bond donors (Lipinski definition) is 2. The quantitative estimate of drug-likeness (QED) is 0.791. The summed E-state index contributed by atoms with van der Waals surface area (Å²) in [6.45, 7) is 2.01. The Kier molecular flexibility index (Phi) is 5.59. The highest BCUT2D eigenvalue weighted by molar-refractivity contribution is 6.30. The Hall–Kier alpha value is -1.39. The van der Waals surface area contributed by atoms with Crippen LogP contribution in [0.3, 0.4) is 0 Å². The minimum atomic E-state index is -0.765. The molecule has 0 radical (unpaired) electrons. The molecule has 1 aromatic carbocycles. The van der Waals surface area contributed by atoms with Gasteiger partial charge in [0.05, 0.1) is 5.60 Å². The minimum Gasteiger partial charge on any atom is -0.388 e. The highest BCUT2D eigenvalue weighted by Crippen LogP contribution is 2.28. The number of hydrogen-bond acceptors (Lipinski definition) is 3. The van der Waals surface area contributed by atoms with Gasteiger partial charge in [0.25, 0.3) is 0 Å². The van der Waals surface area contributed by atoms with Crippen LogP contribution in [0.25, 0.3) is 0 Å². The highest BCUT2D eigenvalue weighted by atomic mass is 35.5. The Balaban J connectivity index is 1.82. The molecule has 0 aliphatic heterocycles. The van der Waals surface area contributed by atoms with E-state index in [1.807, 2.05) is 0 Å². The molecule has 1 aromatic rings. The number of Topliss-reactive ketones (excluding diaryl/α,β-unsaturated/α-hetero) is 1. The zero-order chi connectivity index (χ0) is 16.2. The molecule has 1 saturated carbocycles. The van der Waals surface area contributed by atoms with Crippen molar-refractivity contribution >= 4 is 23.3 Å². The maximum atomic E-state index is 12.2. The second kappa shape index (κ2) is 7.25. The van der Waals surface area contributed by atoms with Gasteiger partial charge in [-0.1, -0.05) is 31.4 Å². The number of ketones is 1. The van der Waals surface area contributed by atoms with Gasteiger partial charge in [-0.2, -0.15) is 0 Å². The molecule has 1 unspecified atom stereocenters. The molecule has 0 heterocycles. The van der Waals surface area contributed by atoms with Gasteiger partial charge in [-0.3, -0.25) is 9.59 Å². The van der Waals surface area contributed by atoms with Gasteiger partial charge in [0.1, 0.15) is 0 Å². The third-order valence-electron chi connectivity index (χ3n) is 4.22. The summed E-state index contributed by atoms with van der Waals surface area (Å²) >= 11 is 5.80. The van der Waals surface area contributed by atoms with Crippen LogP contribution in [-0.4, -0.2) is 28.9 Å². The number of amides is 1. The molecule has 1 atom stereocenters. The average molecular weight is 324 g/mol. The fourth-order valence-corrected chi connectivity index (χ4v) is 2.94. The molecule has 0 spiro atoms. The zero-order valence-electron chi connectivity index (χ0n) is 12.8. The lowest BCUT2D eigenvalue weighted by Crippen LogP contribution is -2.41. The van der Waals surface area contributed by atoms with Gasteiger partial charge in [-0.05, 0) is 37.1 Å². The highest BCUT2D eigenvalue weighted by Gasteiger charge is 2.31. The van der Waals surface area contributed by atoms with Crippen LogP contribution in [0.5, 0.6) is 0 Å². The van der Waals surface area contributed by atoms with Crippen molar-refractivity contribution < 1.29 is 14.7 Å². The van der Waals surface area contributed by atoms with Crippen LogP contribution in [0, 0.1) is 5.92 Å². The monoisotopic (exact) mass is 323 g/mol. The predicted octanol–water partition coefficient (Wildman–Crippen LogP) is 2.97. The largest absolute Gasteiger partial charge is 0.388 e. The maximum Gasteiger partial charge on any atom is 0.220 e. The van der Waals surface area contributed by atoms with Crippen molar-refractivity contribution in [1.82, 2.24) is 5.32 Å². The molecule has 1 aliphatic carbocycles. The summed E-state index contributed by atoms with van der Waals surface area (Å²) in [5.41, 5.74) is -0.210. The van der Waals surface area contributed by atoms with Crippen molar-refractivity contribution in [1.29, 1.82) is 0 Å². The molecular weight excluding hydrogens is 302 g/mol. The summed E-state index contributed by atoms with van der Waals surface area (Å²) in [5, 5.41) is 13.5. The average Bonchev–Trinajstić information content (AvgIpc) is 2.92. The van der Waals surface area contributed by atoms with Crippen LogP contribution in [0.2, 0.25) is 5.02 Å². The topological polar surface area (TPSA) is 66.4 Å². The van der Waals surface area contributed by atoms with Crippen molar-refractivity contribution in [2.45, 2.75) is 44.6 Å². The molecule has 1 aliphatic rings. The van der Waals surface area contributed by atoms with E-state index in [1.54, 1.807) is 31.2 Å². The first-order valence-electron chi connectivity index (χ1n) is 7.68. The summed E-state index contributed by atoms with van der Waals surface area (Å²) in [7, 11) is 0. The van der Waals surface area contributed by atoms with Gasteiger partial charge in [-0.25, -0.2) is 0 Å². The summed E-state index contributed by atoms with van der Waals surface area (Å²) in [5.74, 6) is -0.680. The van der Waals surface area contributed by atoms with Crippen molar-refractivity contribution in [2.24, 2.45) is 5.92 Å². The lowest BCUT2D eigenvalue weighted by molar-refractivity contribution is -0.122. The van der Waals surface area contributed by atoms with Gasteiger partial charge >= 0.3 is 0 Å². The Morgan fingerprint density at radius 1 is 1.27 bits per heavy atom. The first-order chi connectivity index (χ1) is 10.4. The number of aliphatic hydroxyl groups is 1. The third kappa shape index (κ3) is 4.55. The van der Waals surface area contributed by atoms with E-state index in [1.165, 1.54) is 0 Å². The Bertz CT molecular complexity index is 535.